The lowest BCUT2D eigenvalue weighted by Gasteiger charge is -2.01. The van der Waals surface area contributed by atoms with Crippen LogP contribution in [0.2, 0.25) is 0 Å². The van der Waals surface area contributed by atoms with Crippen LogP contribution in [0.4, 0.5) is 0 Å². The van der Waals surface area contributed by atoms with Crippen molar-refractivity contribution in [1.29, 1.82) is 0 Å². The van der Waals surface area contributed by atoms with Crippen LogP contribution in [0.1, 0.15) is 26.2 Å². The van der Waals surface area contributed by atoms with Crippen molar-refractivity contribution < 1.29 is 12.6 Å². The summed E-state index contributed by atoms with van der Waals surface area (Å²) in [7, 11) is -2.66. The minimum absolute atomic E-state index is 0.290. The fourth-order valence-corrected chi connectivity index (χ4v) is 1.04. The van der Waals surface area contributed by atoms with Gasteiger partial charge in [0.05, 0.1) is 6.61 Å². The molecule has 0 atom stereocenters. The maximum absolute atomic E-state index is 9.93. The Balaban J connectivity index is 2.91. The largest absolute Gasteiger partial charge is 0.317 e. The molecule has 0 aromatic heterocycles. The Hall–Kier alpha value is -0.130. The number of thiol groups is 1. The van der Waals surface area contributed by atoms with Gasteiger partial charge in [-0.25, -0.2) is 8.42 Å². The van der Waals surface area contributed by atoms with E-state index >= 15 is 0 Å². The average molecular weight is 195 g/mol. The van der Waals surface area contributed by atoms with E-state index in [1.807, 2.05) is 0 Å². The first-order chi connectivity index (χ1) is 5.77. The van der Waals surface area contributed by atoms with Gasteiger partial charge in [-0.15, -0.1) is 0 Å². The van der Waals surface area contributed by atoms with Crippen LogP contribution < -0.4 is 5.32 Å². The molecule has 0 aliphatic rings. The summed E-state index contributed by atoms with van der Waals surface area (Å²) in [5.41, 5.74) is 0. The predicted molar refractivity (Wildman–Crippen MR) is 48.7 cm³/mol. The molecule has 74 valence electrons. The highest BCUT2D eigenvalue weighted by atomic mass is 32.2. The van der Waals surface area contributed by atoms with Gasteiger partial charge in [0.1, 0.15) is 0 Å². The zero-order valence-corrected chi connectivity index (χ0v) is 8.31. The third kappa shape index (κ3) is 9.87. The van der Waals surface area contributed by atoms with E-state index in [2.05, 4.69) is 16.4 Å². The molecule has 0 aromatic rings. The van der Waals surface area contributed by atoms with E-state index in [1.165, 1.54) is 6.42 Å². The van der Waals surface area contributed by atoms with Crippen molar-refractivity contribution in [1.82, 2.24) is 5.32 Å². The number of rotatable bonds is 8. The van der Waals surface area contributed by atoms with E-state index in [1.54, 1.807) is 0 Å². The fourth-order valence-electron chi connectivity index (χ4n) is 0.763. The predicted octanol–water partition coefficient (Wildman–Crippen LogP) is 0.309. The molecule has 0 radical (unpaired) electrons. The van der Waals surface area contributed by atoms with Gasteiger partial charge in [0, 0.05) is 0 Å². The van der Waals surface area contributed by atoms with Crippen LogP contribution in [-0.2, 0) is 15.2 Å². The van der Waals surface area contributed by atoms with Gasteiger partial charge >= 0.3 is 0 Å². The molecule has 0 aliphatic heterocycles. The minimum atomic E-state index is -2.66. The van der Waals surface area contributed by atoms with E-state index in [0.29, 0.717) is 0 Å². The smallest absolute Gasteiger partial charge is 0.257 e. The molecule has 0 aromatic carbocycles. The van der Waals surface area contributed by atoms with Gasteiger partial charge in [0.25, 0.3) is 11.0 Å². The third-order valence-electron chi connectivity index (χ3n) is 1.40. The van der Waals surface area contributed by atoms with E-state index in [-0.39, 0.29) is 6.61 Å². The number of hydrogen-bond donors (Lipinski definition) is 2. The number of hydrogen-bond acceptors (Lipinski definition) is 4. The molecule has 0 fully saturated rings. The Labute approximate surface area is 75.5 Å². The fraction of sp³-hybridized carbons (Fsp3) is 1.00. The summed E-state index contributed by atoms with van der Waals surface area (Å²) in [5, 5.41) is 3.18. The first kappa shape index (κ1) is 11.9. The van der Waals surface area contributed by atoms with Crippen molar-refractivity contribution in [2.24, 2.45) is 0 Å². The molecule has 0 aliphatic carbocycles. The van der Waals surface area contributed by atoms with E-state index in [0.717, 1.165) is 25.9 Å². The SMILES string of the molecule is CCCCNCCCO[SH](=O)=O. The van der Waals surface area contributed by atoms with Crippen LogP contribution in [0.25, 0.3) is 0 Å². The minimum Gasteiger partial charge on any atom is -0.317 e. The molecule has 0 bridgehead atoms. The second-order valence-corrected chi connectivity index (χ2v) is 3.22. The number of nitrogens with one attached hydrogen (secondary N) is 1. The van der Waals surface area contributed by atoms with Crippen molar-refractivity contribution in [3.05, 3.63) is 0 Å². The van der Waals surface area contributed by atoms with Crippen molar-refractivity contribution in [3.8, 4) is 0 Å². The Kier molecular flexibility index (Phi) is 8.86. The highest BCUT2D eigenvalue weighted by molar-refractivity contribution is 7.67. The van der Waals surface area contributed by atoms with Crippen LogP contribution in [0, 0.1) is 0 Å². The quantitative estimate of drug-likeness (QED) is 0.432. The normalized spacial score (nSPS) is 10.8. The lowest BCUT2D eigenvalue weighted by Crippen LogP contribution is -2.17. The van der Waals surface area contributed by atoms with E-state index in [4.69, 9.17) is 0 Å². The summed E-state index contributed by atoms with van der Waals surface area (Å²) in [6.45, 7) is 4.24. The zero-order valence-electron chi connectivity index (χ0n) is 7.41. The molecule has 0 spiro atoms. The highest BCUT2D eigenvalue weighted by Gasteiger charge is 1.89. The molecule has 12 heavy (non-hydrogen) atoms. The first-order valence-corrected chi connectivity index (χ1v) is 5.35. The Morgan fingerprint density at radius 2 is 1.92 bits per heavy atom. The van der Waals surface area contributed by atoms with E-state index < -0.39 is 11.0 Å². The van der Waals surface area contributed by atoms with E-state index in [9.17, 15) is 8.42 Å². The molecule has 5 heteroatoms. The van der Waals surface area contributed by atoms with Crippen molar-refractivity contribution in [3.63, 3.8) is 0 Å². The summed E-state index contributed by atoms with van der Waals surface area (Å²) in [6, 6.07) is 0. The third-order valence-corrected chi connectivity index (χ3v) is 1.80. The van der Waals surface area contributed by atoms with Gasteiger partial charge in [0.2, 0.25) is 0 Å². The molecule has 1 N–H and O–H groups in total. The lowest BCUT2D eigenvalue weighted by atomic mass is 10.3. The molecule has 0 unspecified atom stereocenters. The van der Waals surface area contributed by atoms with Crippen molar-refractivity contribution >= 4 is 11.0 Å². The maximum atomic E-state index is 9.93. The Bertz CT molecular complexity index is 151. The molecule has 0 saturated heterocycles. The number of unbranched alkanes of at least 4 members (excludes halogenated alkanes) is 1. The first-order valence-electron chi connectivity index (χ1n) is 4.25. The summed E-state index contributed by atoms with van der Waals surface area (Å²) < 4.78 is 24.2. The Morgan fingerprint density at radius 1 is 1.25 bits per heavy atom. The van der Waals surface area contributed by atoms with Gasteiger partial charge in [-0.05, 0) is 25.9 Å². The van der Waals surface area contributed by atoms with Gasteiger partial charge in [0.15, 0.2) is 0 Å². The van der Waals surface area contributed by atoms with Crippen LogP contribution >= 0.6 is 0 Å². The summed E-state index contributed by atoms with van der Waals surface area (Å²) >= 11 is 0. The second kappa shape index (κ2) is 8.96. The molecular weight excluding hydrogens is 178 g/mol. The van der Waals surface area contributed by atoms with Gasteiger partial charge in [-0.2, -0.15) is 0 Å². The average Bonchev–Trinajstić information content (AvgIpc) is 2.02. The summed E-state index contributed by atoms with van der Waals surface area (Å²) in [5.74, 6) is 0. The monoisotopic (exact) mass is 195 g/mol. The standard InChI is InChI=1S/C7H17NO3S/c1-2-3-5-8-6-4-7-11-12(9)10/h8,12H,2-7H2,1H3. The van der Waals surface area contributed by atoms with Crippen LogP contribution in [0.5, 0.6) is 0 Å². The molecule has 0 saturated carbocycles. The summed E-state index contributed by atoms with van der Waals surface area (Å²) in [4.78, 5) is 0. The molecule has 4 nitrogen and oxygen atoms in total. The lowest BCUT2D eigenvalue weighted by molar-refractivity contribution is 0.323. The van der Waals surface area contributed by atoms with Crippen LogP contribution in [-0.4, -0.2) is 28.1 Å². The van der Waals surface area contributed by atoms with Gasteiger partial charge < -0.3 is 5.32 Å². The summed E-state index contributed by atoms with van der Waals surface area (Å²) in [6.07, 6.45) is 3.08. The molecule has 0 heterocycles. The molecular formula is C7H17NO3S. The zero-order chi connectivity index (χ0) is 9.23. The van der Waals surface area contributed by atoms with Gasteiger partial charge in [-0.1, -0.05) is 13.3 Å². The topological polar surface area (TPSA) is 55.4 Å². The molecule has 0 amide bonds. The van der Waals surface area contributed by atoms with Gasteiger partial charge in [-0.3, -0.25) is 4.18 Å². The maximum Gasteiger partial charge on any atom is 0.257 e. The van der Waals surface area contributed by atoms with Crippen molar-refractivity contribution in [2.45, 2.75) is 26.2 Å². The van der Waals surface area contributed by atoms with Crippen LogP contribution in [0.3, 0.4) is 0 Å². The second-order valence-electron chi connectivity index (χ2n) is 2.51. The Morgan fingerprint density at radius 3 is 2.50 bits per heavy atom. The van der Waals surface area contributed by atoms with Crippen LogP contribution in [0.15, 0.2) is 0 Å². The van der Waals surface area contributed by atoms with Crippen molar-refractivity contribution in [2.75, 3.05) is 19.7 Å². The molecule has 0 rings (SSSR count). The highest BCUT2D eigenvalue weighted by Crippen LogP contribution is 1.84.